The largest absolute Gasteiger partial charge is 0.464 e. The first-order chi connectivity index (χ1) is 16.3. The zero-order valence-corrected chi connectivity index (χ0v) is 18.7. The van der Waals surface area contributed by atoms with Crippen LogP contribution in [0.3, 0.4) is 0 Å². The third-order valence-electron chi connectivity index (χ3n) is 6.08. The fourth-order valence-electron chi connectivity index (χ4n) is 4.68. The Hall–Kier alpha value is -4.38. The summed E-state index contributed by atoms with van der Waals surface area (Å²) in [5.41, 5.74) is 3.87. The molecular formula is C23H23N5O6. The number of carbonyl (C=O) groups excluding carboxylic acids is 2. The number of esters is 1. The van der Waals surface area contributed by atoms with E-state index in [0.717, 1.165) is 0 Å². The van der Waals surface area contributed by atoms with Gasteiger partial charge in [0.05, 0.1) is 35.5 Å². The Morgan fingerprint density at radius 3 is 2.53 bits per heavy atom. The first kappa shape index (κ1) is 24.3. The van der Waals surface area contributed by atoms with Gasteiger partial charge in [-0.2, -0.15) is 10.5 Å². The summed E-state index contributed by atoms with van der Waals surface area (Å²) < 4.78 is 10.3. The molecule has 1 aliphatic carbocycles. The number of benzene rings is 1. The van der Waals surface area contributed by atoms with Gasteiger partial charge in [-0.1, -0.05) is 24.3 Å². The zero-order valence-electron chi connectivity index (χ0n) is 18.7. The summed E-state index contributed by atoms with van der Waals surface area (Å²) in [4.78, 5) is 38.4. The molecule has 0 saturated heterocycles. The average molecular weight is 465 g/mol. The molecule has 34 heavy (non-hydrogen) atoms. The van der Waals surface area contributed by atoms with Crippen molar-refractivity contribution in [3.05, 3.63) is 62.9 Å². The van der Waals surface area contributed by atoms with Gasteiger partial charge >= 0.3 is 12.1 Å². The summed E-state index contributed by atoms with van der Waals surface area (Å²) in [5, 5.41) is 32.2. The minimum atomic E-state index is -2.23. The van der Waals surface area contributed by atoms with Crippen molar-refractivity contribution >= 4 is 17.7 Å². The smallest absolute Gasteiger partial charge is 0.410 e. The highest BCUT2D eigenvalue weighted by Gasteiger charge is 2.60. The Morgan fingerprint density at radius 2 is 1.94 bits per heavy atom. The summed E-state index contributed by atoms with van der Waals surface area (Å²) in [7, 11) is 0. The van der Waals surface area contributed by atoms with Crippen LogP contribution in [0.5, 0.6) is 0 Å². The van der Waals surface area contributed by atoms with Crippen LogP contribution in [0.15, 0.2) is 47.2 Å². The number of hydrogen-bond acceptors (Lipinski definition) is 9. The maximum atomic E-state index is 13.3. The number of amides is 1. The molecule has 1 aliphatic heterocycles. The van der Waals surface area contributed by atoms with Crippen LogP contribution < -0.4 is 5.73 Å². The van der Waals surface area contributed by atoms with Gasteiger partial charge in [0, 0.05) is 36.6 Å². The van der Waals surface area contributed by atoms with E-state index in [1.54, 1.807) is 26.0 Å². The Kier molecular flexibility index (Phi) is 6.87. The highest BCUT2D eigenvalue weighted by molar-refractivity contribution is 5.88. The van der Waals surface area contributed by atoms with E-state index in [4.69, 9.17) is 15.2 Å². The lowest BCUT2D eigenvalue weighted by Gasteiger charge is -2.46. The maximum absolute atomic E-state index is 13.3. The summed E-state index contributed by atoms with van der Waals surface area (Å²) in [6.45, 7) is 3.30. The van der Waals surface area contributed by atoms with Crippen molar-refractivity contribution in [3.63, 3.8) is 0 Å². The number of nitrogens with two attached hydrogens (primary N) is 1. The molecule has 3 atom stereocenters. The lowest BCUT2D eigenvalue weighted by atomic mass is 9.57. The Bertz CT molecular complexity index is 1180. The molecule has 0 saturated carbocycles. The van der Waals surface area contributed by atoms with Gasteiger partial charge in [0.2, 0.25) is 5.41 Å². The Morgan fingerprint density at radius 1 is 1.26 bits per heavy atom. The molecule has 0 radical (unpaired) electrons. The van der Waals surface area contributed by atoms with Gasteiger partial charge in [-0.3, -0.25) is 10.1 Å². The molecule has 0 spiro atoms. The molecule has 176 valence electrons. The number of fused-ring (bicyclic) bond motifs is 1. The number of hydrogen-bond donors (Lipinski definition) is 1. The zero-order chi connectivity index (χ0) is 25.0. The van der Waals surface area contributed by atoms with E-state index in [9.17, 15) is 30.2 Å². The normalized spacial score (nSPS) is 23.6. The second-order valence-corrected chi connectivity index (χ2v) is 7.70. The van der Waals surface area contributed by atoms with E-state index in [1.165, 1.54) is 23.1 Å². The van der Waals surface area contributed by atoms with Crippen LogP contribution in [0.4, 0.5) is 10.5 Å². The van der Waals surface area contributed by atoms with E-state index in [0.29, 0.717) is 5.57 Å². The lowest BCUT2D eigenvalue weighted by Crippen LogP contribution is -2.53. The van der Waals surface area contributed by atoms with Crippen molar-refractivity contribution < 1.29 is 24.0 Å². The van der Waals surface area contributed by atoms with Crippen molar-refractivity contribution in [1.82, 2.24) is 4.90 Å². The number of rotatable bonds is 5. The molecule has 1 amide bonds. The molecule has 0 bridgehead atoms. The summed E-state index contributed by atoms with van der Waals surface area (Å²) in [6, 6.07) is 9.63. The second kappa shape index (κ2) is 9.63. The highest BCUT2D eigenvalue weighted by Crippen LogP contribution is 2.56. The van der Waals surface area contributed by atoms with Crippen LogP contribution in [0.2, 0.25) is 0 Å². The number of nitrogens with zero attached hydrogens (tertiary/aromatic N) is 4. The quantitative estimate of drug-likeness (QED) is 0.389. The number of allylic oxidation sites excluding steroid dienone is 1. The number of ether oxygens (including phenoxy) is 2. The molecule has 2 N–H and O–H groups in total. The van der Waals surface area contributed by atoms with Crippen LogP contribution in [0.25, 0.3) is 0 Å². The topological polar surface area (TPSA) is 173 Å². The lowest BCUT2D eigenvalue weighted by molar-refractivity contribution is -0.385. The van der Waals surface area contributed by atoms with Crippen LogP contribution in [-0.2, 0) is 14.3 Å². The number of nitro benzene ring substituents is 1. The number of para-hydroxylation sites is 1. The first-order valence-corrected chi connectivity index (χ1v) is 10.6. The van der Waals surface area contributed by atoms with Crippen molar-refractivity contribution in [1.29, 1.82) is 10.5 Å². The van der Waals surface area contributed by atoms with Crippen LogP contribution in [0, 0.1) is 44.1 Å². The van der Waals surface area contributed by atoms with E-state index in [2.05, 4.69) is 0 Å². The molecule has 1 heterocycles. The SMILES string of the molecule is CCOC(=O)N1CC=C2C(C#N)=C(N)C(C#N)(C(=O)OCC)C(c3ccccc3[N+](=O)[O-])C2C1. The molecule has 1 aromatic rings. The molecule has 2 aliphatic rings. The molecule has 0 fully saturated rings. The van der Waals surface area contributed by atoms with Crippen molar-refractivity contribution in [2.45, 2.75) is 19.8 Å². The van der Waals surface area contributed by atoms with Crippen LogP contribution in [0.1, 0.15) is 25.3 Å². The average Bonchev–Trinajstić information content (AvgIpc) is 2.83. The predicted molar refractivity (Wildman–Crippen MR) is 118 cm³/mol. The first-order valence-electron chi connectivity index (χ1n) is 10.6. The fourth-order valence-corrected chi connectivity index (χ4v) is 4.68. The Balaban J connectivity index is 2.37. The third kappa shape index (κ3) is 3.71. The minimum Gasteiger partial charge on any atom is -0.464 e. The molecule has 0 aromatic heterocycles. The van der Waals surface area contributed by atoms with Gasteiger partial charge in [-0.05, 0) is 19.4 Å². The fraction of sp³-hybridized carbons (Fsp3) is 0.391. The summed E-state index contributed by atoms with van der Waals surface area (Å²) in [5.74, 6) is -3.07. The molecular weight excluding hydrogens is 442 g/mol. The molecule has 11 nitrogen and oxygen atoms in total. The predicted octanol–water partition coefficient (Wildman–Crippen LogP) is 2.52. The second-order valence-electron chi connectivity index (χ2n) is 7.70. The summed E-state index contributed by atoms with van der Waals surface area (Å²) in [6.07, 6.45) is 0.976. The highest BCUT2D eigenvalue weighted by atomic mass is 16.6. The molecule has 3 unspecified atom stereocenters. The molecule has 1 aromatic carbocycles. The summed E-state index contributed by atoms with van der Waals surface area (Å²) >= 11 is 0. The van der Waals surface area contributed by atoms with Gasteiger partial charge < -0.3 is 20.1 Å². The van der Waals surface area contributed by atoms with Crippen molar-refractivity contribution in [2.24, 2.45) is 17.1 Å². The van der Waals surface area contributed by atoms with Gasteiger partial charge in [0.15, 0.2) is 0 Å². The van der Waals surface area contributed by atoms with Gasteiger partial charge in [0.25, 0.3) is 5.69 Å². The Labute approximate surface area is 195 Å². The van der Waals surface area contributed by atoms with Gasteiger partial charge in [-0.25, -0.2) is 9.59 Å². The molecule has 3 rings (SSSR count). The molecule has 11 heteroatoms. The standard InChI is InChI=1S/C23H23N5O6/c1-3-33-21(29)23(13-25)19(15-7-5-6-8-18(15)28(31)32)17-12-27(22(30)34-4-2)10-9-14(17)16(11-24)20(23)26/h5-9,17,19H,3-4,10,12,26H2,1-2H3. The third-order valence-corrected chi connectivity index (χ3v) is 6.08. The van der Waals surface area contributed by atoms with Crippen molar-refractivity contribution in [3.8, 4) is 12.1 Å². The minimum absolute atomic E-state index is 0.0529. The van der Waals surface area contributed by atoms with E-state index in [1.807, 2.05) is 12.1 Å². The van der Waals surface area contributed by atoms with E-state index in [-0.39, 0.29) is 48.8 Å². The number of carbonyl (C=O) groups is 2. The van der Waals surface area contributed by atoms with Crippen molar-refractivity contribution in [2.75, 3.05) is 26.3 Å². The van der Waals surface area contributed by atoms with Crippen LogP contribution >= 0.6 is 0 Å². The van der Waals surface area contributed by atoms with E-state index < -0.39 is 34.2 Å². The maximum Gasteiger partial charge on any atom is 0.410 e. The van der Waals surface area contributed by atoms with Gasteiger partial charge in [-0.15, -0.1) is 0 Å². The van der Waals surface area contributed by atoms with Gasteiger partial charge in [0.1, 0.15) is 6.07 Å². The van der Waals surface area contributed by atoms with Crippen LogP contribution in [-0.4, -0.2) is 48.2 Å². The monoisotopic (exact) mass is 465 g/mol. The number of nitriles is 2. The van der Waals surface area contributed by atoms with E-state index >= 15 is 0 Å². The number of nitro groups is 1.